The summed E-state index contributed by atoms with van der Waals surface area (Å²) >= 11 is 0. The van der Waals surface area contributed by atoms with Gasteiger partial charge in [0.15, 0.2) is 5.96 Å². The van der Waals surface area contributed by atoms with E-state index < -0.39 is 11.7 Å². The molecule has 26 heavy (non-hydrogen) atoms. The lowest BCUT2D eigenvalue weighted by atomic mass is 10.1. The zero-order chi connectivity index (χ0) is 18.9. The lowest BCUT2D eigenvalue weighted by molar-refractivity contribution is 0.0504. The molecule has 3 N–H and O–H groups in total. The highest BCUT2D eigenvalue weighted by Crippen LogP contribution is 2.14. The van der Waals surface area contributed by atoms with E-state index in [1.54, 1.807) is 7.05 Å². The highest BCUT2D eigenvalue weighted by Gasteiger charge is 2.20. The van der Waals surface area contributed by atoms with Crippen molar-refractivity contribution >= 4 is 36.0 Å². The minimum absolute atomic E-state index is 0. The van der Waals surface area contributed by atoms with Crippen LogP contribution in [-0.2, 0) is 4.74 Å². The Balaban J connectivity index is 0.00000625. The van der Waals surface area contributed by atoms with Crippen molar-refractivity contribution in [2.45, 2.75) is 46.3 Å². The summed E-state index contributed by atoms with van der Waals surface area (Å²) in [5.74, 6) is 1.23. The van der Waals surface area contributed by atoms with Crippen LogP contribution < -0.4 is 16.0 Å². The number of alkyl carbamates (subject to hydrolysis) is 1. The molecule has 0 heterocycles. The molecule has 0 fully saturated rings. The van der Waals surface area contributed by atoms with Crippen LogP contribution in [0.1, 0.15) is 46.2 Å². The lowest BCUT2D eigenvalue weighted by Gasteiger charge is -2.25. The van der Waals surface area contributed by atoms with E-state index in [0.717, 1.165) is 12.1 Å². The number of aliphatic imine (C=N–C) groups is 1. The number of benzene rings is 1. The molecular weight excluding hydrogens is 443 g/mol. The second kappa shape index (κ2) is 12.0. The third-order valence-electron chi connectivity index (χ3n) is 3.27. The van der Waals surface area contributed by atoms with Crippen LogP contribution in [0.2, 0.25) is 0 Å². The first-order valence-corrected chi connectivity index (χ1v) is 8.70. The SMILES string of the molecule is CN=C(NCC(C)C)NCC(NC(=O)OC(C)(C)C)c1ccccc1.I. The maximum absolute atomic E-state index is 12.2. The predicted molar refractivity (Wildman–Crippen MR) is 118 cm³/mol. The van der Waals surface area contributed by atoms with Gasteiger partial charge in [0.25, 0.3) is 0 Å². The summed E-state index contributed by atoms with van der Waals surface area (Å²) in [7, 11) is 1.73. The second-order valence-corrected chi connectivity index (χ2v) is 7.34. The van der Waals surface area contributed by atoms with Gasteiger partial charge in [-0.05, 0) is 32.3 Å². The smallest absolute Gasteiger partial charge is 0.408 e. The van der Waals surface area contributed by atoms with Gasteiger partial charge in [-0.25, -0.2) is 4.79 Å². The number of amides is 1. The van der Waals surface area contributed by atoms with Crippen LogP contribution in [0.25, 0.3) is 0 Å². The van der Waals surface area contributed by atoms with Crippen molar-refractivity contribution in [2.75, 3.05) is 20.1 Å². The van der Waals surface area contributed by atoms with E-state index in [9.17, 15) is 4.79 Å². The van der Waals surface area contributed by atoms with Gasteiger partial charge < -0.3 is 20.7 Å². The van der Waals surface area contributed by atoms with Crippen LogP contribution in [0, 0.1) is 5.92 Å². The van der Waals surface area contributed by atoms with E-state index in [0.29, 0.717) is 18.4 Å². The number of nitrogens with one attached hydrogen (secondary N) is 3. The Morgan fingerprint density at radius 2 is 1.69 bits per heavy atom. The summed E-state index contributed by atoms with van der Waals surface area (Å²) in [4.78, 5) is 16.4. The van der Waals surface area contributed by atoms with E-state index in [-0.39, 0.29) is 30.0 Å². The zero-order valence-electron chi connectivity index (χ0n) is 16.6. The molecule has 0 spiro atoms. The number of halogens is 1. The average Bonchev–Trinajstić information content (AvgIpc) is 2.52. The quantitative estimate of drug-likeness (QED) is 0.333. The summed E-state index contributed by atoms with van der Waals surface area (Å²) in [6, 6.07) is 9.58. The zero-order valence-corrected chi connectivity index (χ0v) is 19.0. The Labute approximate surface area is 174 Å². The van der Waals surface area contributed by atoms with Gasteiger partial charge in [0, 0.05) is 20.1 Å². The molecule has 0 saturated carbocycles. The number of carbonyl (C=O) groups excluding carboxylic acids is 1. The van der Waals surface area contributed by atoms with Crippen LogP contribution in [0.15, 0.2) is 35.3 Å². The number of carbonyl (C=O) groups is 1. The number of hydrogen-bond acceptors (Lipinski definition) is 3. The largest absolute Gasteiger partial charge is 0.444 e. The first-order chi connectivity index (χ1) is 11.7. The minimum Gasteiger partial charge on any atom is -0.444 e. The highest BCUT2D eigenvalue weighted by atomic mass is 127. The fraction of sp³-hybridized carbons (Fsp3) is 0.579. The summed E-state index contributed by atoms with van der Waals surface area (Å²) in [6.07, 6.45) is -0.437. The van der Waals surface area contributed by atoms with Crippen molar-refractivity contribution in [2.24, 2.45) is 10.9 Å². The molecule has 0 aliphatic heterocycles. The summed E-state index contributed by atoms with van der Waals surface area (Å²) < 4.78 is 5.38. The van der Waals surface area contributed by atoms with Crippen molar-refractivity contribution in [1.29, 1.82) is 0 Å². The molecule has 0 aliphatic rings. The summed E-state index contributed by atoms with van der Waals surface area (Å²) in [5.41, 5.74) is 0.466. The van der Waals surface area contributed by atoms with Gasteiger partial charge in [0.05, 0.1) is 6.04 Å². The van der Waals surface area contributed by atoms with Gasteiger partial charge >= 0.3 is 6.09 Å². The molecule has 0 aliphatic carbocycles. The van der Waals surface area contributed by atoms with E-state index in [1.807, 2.05) is 51.1 Å². The van der Waals surface area contributed by atoms with Gasteiger partial charge in [-0.2, -0.15) is 0 Å². The first-order valence-electron chi connectivity index (χ1n) is 8.70. The fourth-order valence-corrected chi connectivity index (χ4v) is 2.11. The van der Waals surface area contributed by atoms with Crippen molar-refractivity contribution < 1.29 is 9.53 Å². The molecule has 1 aromatic rings. The first kappa shape index (κ1) is 24.5. The Morgan fingerprint density at radius 3 is 2.19 bits per heavy atom. The average molecular weight is 476 g/mol. The molecule has 1 rings (SSSR count). The Hall–Kier alpha value is -1.51. The second-order valence-electron chi connectivity index (χ2n) is 7.34. The number of guanidine groups is 1. The molecule has 7 heteroatoms. The Kier molecular flexibility index (Phi) is 11.3. The number of hydrogen-bond donors (Lipinski definition) is 3. The van der Waals surface area contributed by atoms with Crippen LogP contribution in [-0.4, -0.2) is 37.8 Å². The molecule has 0 radical (unpaired) electrons. The van der Waals surface area contributed by atoms with E-state index in [4.69, 9.17) is 4.74 Å². The Morgan fingerprint density at radius 1 is 1.12 bits per heavy atom. The molecule has 1 atom stereocenters. The summed E-state index contributed by atoms with van der Waals surface area (Å²) in [6.45, 7) is 11.1. The summed E-state index contributed by atoms with van der Waals surface area (Å²) in [5, 5.41) is 9.45. The molecule has 1 aromatic carbocycles. The topological polar surface area (TPSA) is 74.8 Å². The molecule has 0 saturated heterocycles. The van der Waals surface area contributed by atoms with E-state index in [1.165, 1.54) is 0 Å². The van der Waals surface area contributed by atoms with Crippen molar-refractivity contribution in [1.82, 2.24) is 16.0 Å². The van der Waals surface area contributed by atoms with Gasteiger partial charge in [-0.15, -0.1) is 24.0 Å². The highest BCUT2D eigenvalue weighted by molar-refractivity contribution is 14.0. The van der Waals surface area contributed by atoms with Gasteiger partial charge in [-0.3, -0.25) is 4.99 Å². The maximum Gasteiger partial charge on any atom is 0.408 e. The van der Waals surface area contributed by atoms with Crippen LogP contribution in [0.5, 0.6) is 0 Å². The maximum atomic E-state index is 12.2. The predicted octanol–water partition coefficient (Wildman–Crippen LogP) is 3.69. The van der Waals surface area contributed by atoms with E-state index >= 15 is 0 Å². The van der Waals surface area contributed by atoms with Crippen molar-refractivity contribution in [3.05, 3.63) is 35.9 Å². The number of rotatable bonds is 6. The third kappa shape index (κ3) is 10.5. The molecule has 6 nitrogen and oxygen atoms in total. The van der Waals surface area contributed by atoms with Crippen LogP contribution in [0.3, 0.4) is 0 Å². The van der Waals surface area contributed by atoms with Crippen LogP contribution >= 0.6 is 24.0 Å². The minimum atomic E-state index is -0.534. The molecule has 1 unspecified atom stereocenters. The standard InChI is InChI=1S/C19H32N4O2.HI/c1-14(2)12-21-17(20-6)22-13-16(15-10-8-7-9-11-15)23-18(24)25-19(3,4)5;/h7-11,14,16H,12-13H2,1-6H3,(H,23,24)(H2,20,21,22);1H. The van der Waals surface area contributed by atoms with Crippen molar-refractivity contribution in [3.8, 4) is 0 Å². The lowest BCUT2D eigenvalue weighted by Crippen LogP contribution is -2.44. The van der Waals surface area contributed by atoms with Gasteiger partial charge in [-0.1, -0.05) is 44.2 Å². The van der Waals surface area contributed by atoms with Crippen molar-refractivity contribution in [3.63, 3.8) is 0 Å². The fourth-order valence-electron chi connectivity index (χ4n) is 2.11. The van der Waals surface area contributed by atoms with E-state index in [2.05, 4.69) is 34.8 Å². The normalized spacial score (nSPS) is 12.8. The Bertz CT molecular complexity index is 556. The molecule has 1 amide bonds. The molecular formula is C19H33IN4O2. The number of nitrogens with zero attached hydrogens (tertiary/aromatic N) is 1. The number of ether oxygens (including phenoxy) is 1. The molecule has 0 aromatic heterocycles. The van der Waals surface area contributed by atoms with Crippen LogP contribution in [0.4, 0.5) is 4.79 Å². The van der Waals surface area contributed by atoms with Gasteiger partial charge in [0.2, 0.25) is 0 Å². The van der Waals surface area contributed by atoms with Gasteiger partial charge in [0.1, 0.15) is 5.60 Å². The monoisotopic (exact) mass is 476 g/mol. The molecule has 148 valence electrons. The third-order valence-corrected chi connectivity index (χ3v) is 3.27. The molecule has 0 bridgehead atoms.